The van der Waals surface area contributed by atoms with E-state index in [4.69, 9.17) is 9.47 Å². The number of benzene rings is 2. The van der Waals surface area contributed by atoms with Crippen LogP contribution in [0.3, 0.4) is 0 Å². The first-order valence-electron chi connectivity index (χ1n) is 7.93. The van der Waals surface area contributed by atoms with Crippen LogP contribution >= 0.6 is 15.9 Å². The van der Waals surface area contributed by atoms with Gasteiger partial charge in [0.25, 0.3) is 0 Å². The Balaban J connectivity index is 1.81. The molecule has 0 bridgehead atoms. The second kappa shape index (κ2) is 5.45. The number of halogens is 1. The van der Waals surface area contributed by atoms with Gasteiger partial charge in [-0.2, -0.15) is 0 Å². The average molecular weight is 374 g/mol. The Bertz CT molecular complexity index is 744. The molecule has 2 aliphatic rings. The van der Waals surface area contributed by atoms with E-state index >= 15 is 0 Å². The number of rotatable bonds is 2. The summed E-state index contributed by atoms with van der Waals surface area (Å²) in [5, 5.41) is 3.73. The van der Waals surface area contributed by atoms with Gasteiger partial charge in [0.2, 0.25) is 0 Å². The molecular formula is C19H20BrNO2. The summed E-state index contributed by atoms with van der Waals surface area (Å²) in [5.74, 6) is 2.27. The fourth-order valence-electron chi connectivity index (χ4n) is 3.87. The van der Waals surface area contributed by atoms with Gasteiger partial charge < -0.3 is 14.8 Å². The van der Waals surface area contributed by atoms with Crippen molar-refractivity contribution in [3.63, 3.8) is 0 Å². The van der Waals surface area contributed by atoms with Crippen LogP contribution in [0.5, 0.6) is 11.5 Å². The van der Waals surface area contributed by atoms with Gasteiger partial charge in [-0.05, 0) is 45.8 Å². The van der Waals surface area contributed by atoms with Crippen LogP contribution in [0.1, 0.15) is 31.0 Å². The van der Waals surface area contributed by atoms with E-state index in [1.807, 2.05) is 12.1 Å². The third kappa shape index (κ3) is 2.31. The molecular weight excluding hydrogens is 354 g/mol. The molecule has 0 fully saturated rings. The zero-order valence-corrected chi connectivity index (χ0v) is 14.9. The Morgan fingerprint density at radius 1 is 1.26 bits per heavy atom. The summed E-state index contributed by atoms with van der Waals surface area (Å²) in [7, 11) is 0. The first-order valence-corrected chi connectivity index (χ1v) is 9.05. The van der Waals surface area contributed by atoms with Gasteiger partial charge in [0.1, 0.15) is 17.0 Å². The lowest BCUT2D eigenvalue weighted by Gasteiger charge is -2.48. The van der Waals surface area contributed by atoms with Gasteiger partial charge in [0.15, 0.2) is 0 Å². The summed E-state index contributed by atoms with van der Waals surface area (Å²) in [6.07, 6.45) is 0. The maximum Gasteiger partial charge on any atom is 0.143 e. The lowest BCUT2D eigenvalue weighted by molar-refractivity contribution is 0.135. The average Bonchev–Trinajstić information content (AvgIpc) is 2.56. The monoisotopic (exact) mass is 373 g/mol. The molecule has 2 aromatic carbocycles. The zero-order chi connectivity index (χ0) is 16.0. The highest BCUT2D eigenvalue weighted by Crippen LogP contribution is 2.52. The minimum atomic E-state index is 0.00443. The fraction of sp³-hybridized carbons (Fsp3) is 0.368. The lowest BCUT2D eigenvalue weighted by atomic mass is 9.65. The Hall–Kier alpha value is -1.68. The minimum Gasteiger partial charge on any atom is -0.493 e. The van der Waals surface area contributed by atoms with Crippen molar-refractivity contribution < 1.29 is 9.47 Å². The fourth-order valence-corrected chi connectivity index (χ4v) is 4.13. The summed E-state index contributed by atoms with van der Waals surface area (Å²) >= 11 is 3.33. The Labute approximate surface area is 145 Å². The maximum atomic E-state index is 6.04. The molecule has 2 atom stereocenters. The van der Waals surface area contributed by atoms with Gasteiger partial charge in [0.05, 0.1) is 12.6 Å². The van der Waals surface area contributed by atoms with Crippen molar-refractivity contribution in [2.75, 3.05) is 17.4 Å². The van der Waals surface area contributed by atoms with Gasteiger partial charge in [0, 0.05) is 22.6 Å². The highest BCUT2D eigenvalue weighted by molar-refractivity contribution is 9.09. The van der Waals surface area contributed by atoms with Crippen LogP contribution < -0.4 is 14.8 Å². The number of alkyl halides is 1. The molecule has 0 amide bonds. The molecule has 4 rings (SSSR count). The minimum absolute atomic E-state index is 0.00443. The van der Waals surface area contributed by atoms with E-state index in [1.54, 1.807) is 0 Å². The van der Waals surface area contributed by atoms with Crippen molar-refractivity contribution in [2.45, 2.75) is 25.3 Å². The Morgan fingerprint density at radius 2 is 2.09 bits per heavy atom. The van der Waals surface area contributed by atoms with Crippen LogP contribution in [0.4, 0.5) is 5.69 Å². The molecule has 0 saturated carbocycles. The van der Waals surface area contributed by atoms with Crippen molar-refractivity contribution in [3.05, 3.63) is 53.6 Å². The number of para-hydroxylation sites is 1. The first-order chi connectivity index (χ1) is 11.1. The number of fused-ring (bicyclic) bond motifs is 4. The van der Waals surface area contributed by atoms with E-state index in [0.29, 0.717) is 11.4 Å². The number of nitrogens with one attached hydrogen (secondary N) is 1. The summed E-state index contributed by atoms with van der Waals surface area (Å²) in [4.78, 5) is 0. The SMILES string of the molecule is CC1(C)c2cc(OCBr)ccc2N[C@@H]2c3ccccc3OC[C@@H]21. The number of hydrogen-bond acceptors (Lipinski definition) is 3. The van der Waals surface area contributed by atoms with Crippen molar-refractivity contribution in [1.29, 1.82) is 0 Å². The summed E-state index contributed by atoms with van der Waals surface area (Å²) < 4.78 is 11.7. The molecule has 0 spiro atoms. The topological polar surface area (TPSA) is 30.5 Å². The Kier molecular flexibility index (Phi) is 3.52. The van der Waals surface area contributed by atoms with E-state index in [9.17, 15) is 0 Å². The van der Waals surface area contributed by atoms with E-state index in [-0.39, 0.29) is 11.5 Å². The van der Waals surface area contributed by atoms with E-state index in [1.165, 1.54) is 16.8 Å². The Morgan fingerprint density at radius 3 is 2.91 bits per heavy atom. The molecule has 2 heterocycles. The number of anilines is 1. The standard InChI is InChI=1S/C19H20BrNO2/c1-19(2)14-9-12(23-11-20)7-8-16(14)21-18-13-5-3-4-6-17(13)22-10-15(18)19/h3-9,15,18,21H,10-11H2,1-2H3/t15-,18+/m0/s1. The van der Waals surface area contributed by atoms with Gasteiger partial charge in [-0.25, -0.2) is 0 Å². The third-order valence-corrected chi connectivity index (χ3v) is 5.45. The molecule has 0 aromatic heterocycles. The summed E-state index contributed by atoms with van der Waals surface area (Å²) in [6.45, 7) is 5.34. The highest BCUT2D eigenvalue weighted by atomic mass is 79.9. The molecule has 120 valence electrons. The quantitative estimate of drug-likeness (QED) is 0.761. The molecule has 1 N–H and O–H groups in total. The third-order valence-electron chi connectivity index (χ3n) is 5.22. The van der Waals surface area contributed by atoms with Gasteiger partial charge >= 0.3 is 0 Å². The molecule has 3 nitrogen and oxygen atoms in total. The van der Waals surface area contributed by atoms with Crippen molar-refractivity contribution in [1.82, 2.24) is 0 Å². The van der Waals surface area contributed by atoms with Crippen LogP contribution in [-0.4, -0.2) is 12.1 Å². The largest absolute Gasteiger partial charge is 0.493 e. The maximum absolute atomic E-state index is 6.04. The molecule has 23 heavy (non-hydrogen) atoms. The molecule has 2 aliphatic heterocycles. The molecule has 4 heteroatoms. The van der Waals surface area contributed by atoms with Crippen molar-refractivity contribution in [3.8, 4) is 11.5 Å². The van der Waals surface area contributed by atoms with Gasteiger partial charge in [-0.3, -0.25) is 0 Å². The number of hydrogen-bond donors (Lipinski definition) is 1. The first kappa shape index (κ1) is 14.9. The molecule has 0 unspecified atom stereocenters. The summed E-state index contributed by atoms with van der Waals surface area (Å²) in [6, 6.07) is 14.9. The van der Waals surface area contributed by atoms with Crippen LogP contribution in [0.15, 0.2) is 42.5 Å². The second-order valence-corrected chi connectivity index (χ2v) is 7.22. The normalized spacial score (nSPS) is 23.6. The molecule has 2 aromatic rings. The van der Waals surface area contributed by atoms with Crippen LogP contribution in [0.2, 0.25) is 0 Å². The van der Waals surface area contributed by atoms with Crippen LogP contribution in [0, 0.1) is 5.92 Å². The zero-order valence-electron chi connectivity index (χ0n) is 13.3. The molecule has 0 radical (unpaired) electrons. The van der Waals surface area contributed by atoms with Crippen molar-refractivity contribution in [2.24, 2.45) is 5.92 Å². The second-order valence-electron chi connectivity index (χ2n) is 6.76. The molecule has 0 saturated heterocycles. The smallest absolute Gasteiger partial charge is 0.143 e. The van der Waals surface area contributed by atoms with Gasteiger partial charge in [-0.15, -0.1) is 0 Å². The predicted octanol–water partition coefficient (Wildman–Crippen LogP) is 4.87. The predicted molar refractivity (Wildman–Crippen MR) is 95.7 cm³/mol. The number of ether oxygens (including phenoxy) is 2. The van der Waals surface area contributed by atoms with Crippen LogP contribution in [-0.2, 0) is 5.41 Å². The van der Waals surface area contributed by atoms with E-state index in [0.717, 1.165) is 18.1 Å². The van der Waals surface area contributed by atoms with Crippen LogP contribution in [0.25, 0.3) is 0 Å². The van der Waals surface area contributed by atoms with Crippen molar-refractivity contribution >= 4 is 21.6 Å². The lowest BCUT2D eigenvalue weighted by Crippen LogP contribution is -2.46. The highest BCUT2D eigenvalue weighted by Gasteiger charge is 2.46. The van der Waals surface area contributed by atoms with E-state index < -0.39 is 0 Å². The van der Waals surface area contributed by atoms with Gasteiger partial charge in [-0.1, -0.05) is 32.0 Å². The van der Waals surface area contributed by atoms with E-state index in [2.05, 4.69) is 65.4 Å². The summed E-state index contributed by atoms with van der Waals surface area (Å²) in [5.41, 5.74) is 4.24. The molecule has 0 aliphatic carbocycles.